The van der Waals surface area contributed by atoms with E-state index in [4.69, 9.17) is 0 Å². The SMILES string of the molecule is CCCCC1=CC=CC1(CC)CC. The summed E-state index contributed by atoms with van der Waals surface area (Å²) < 4.78 is 0. The number of hydrogen-bond acceptors (Lipinski definition) is 0. The standard InChI is InChI=1S/C13H22/c1-4-7-9-12-10-8-11-13(12,5-2)6-3/h8,10-11H,4-7,9H2,1-3H3. The van der Waals surface area contributed by atoms with Gasteiger partial charge in [0.1, 0.15) is 0 Å². The van der Waals surface area contributed by atoms with E-state index in [1.54, 1.807) is 5.57 Å². The lowest BCUT2D eigenvalue weighted by atomic mass is 9.76. The summed E-state index contributed by atoms with van der Waals surface area (Å²) in [5.41, 5.74) is 2.09. The third-order valence-corrected chi connectivity index (χ3v) is 3.41. The summed E-state index contributed by atoms with van der Waals surface area (Å²) in [6, 6.07) is 0. The van der Waals surface area contributed by atoms with Crippen LogP contribution in [-0.4, -0.2) is 0 Å². The molecule has 1 aliphatic carbocycles. The van der Waals surface area contributed by atoms with Gasteiger partial charge in [0.25, 0.3) is 0 Å². The topological polar surface area (TPSA) is 0 Å². The van der Waals surface area contributed by atoms with Gasteiger partial charge in [-0.3, -0.25) is 0 Å². The fourth-order valence-electron chi connectivity index (χ4n) is 2.26. The average Bonchev–Trinajstić information content (AvgIpc) is 2.58. The Bertz CT molecular complexity index is 204. The van der Waals surface area contributed by atoms with Crippen LogP contribution in [0.5, 0.6) is 0 Å². The smallest absolute Gasteiger partial charge is 0.00917 e. The van der Waals surface area contributed by atoms with Crippen LogP contribution in [-0.2, 0) is 0 Å². The summed E-state index contributed by atoms with van der Waals surface area (Å²) in [6.45, 7) is 6.88. The maximum absolute atomic E-state index is 2.40. The van der Waals surface area contributed by atoms with Crippen LogP contribution in [0, 0.1) is 5.41 Å². The molecule has 0 heteroatoms. The molecule has 0 aromatic heterocycles. The summed E-state index contributed by atoms with van der Waals surface area (Å²) in [7, 11) is 0. The van der Waals surface area contributed by atoms with Gasteiger partial charge in [0.05, 0.1) is 0 Å². The van der Waals surface area contributed by atoms with Gasteiger partial charge in [-0.15, -0.1) is 0 Å². The van der Waals surface area contributed by atoms with Crippen LogP contribution >= 0.6 is 0 Å². The molecule has 0 amide bonds. The molecule has 0 N–H and O–H groups in total. The number of rotatable bonds is 5. The molecular formula is C13H22. The van der Waals surface area contributed by atoms with Crippen molar-refractivity contribution in [1.82, 2.24) is 0 Å². The molecule has 1 aliphatic rings. The fourth-order valence-corrected chi connectivity index (χ4v) is 2.26. The molecule has 0 atom stereocenters. The van der Waals surface area contributed by atoms with Crippen LogP contribution in [0.15, 0.2) is 23.8 Å². The minimum atomic E-state index is 0.426. The molecule has 0 nitrogen and oxygen atoms in total. The first kappa shape index (κ1) is 10.6. The van der Waals surface area contributed by atoms with Gasteiger partial charge in [0, 0.05) is 5.41 Å². The molecule has 1 rings (SSSR count). The van der Waals surface area contributed by atoms with Crippen LogP contribution in [0.25, 0.3) is 0 Å². The van der Waals surface area contributed by atoms with Crippen molar-refractivity contribution in [3.05, 3.63) is 23.8 Å². The molecule has 0 unspecified atom stereocenters. The quantitative estimate of drug-likeness (QED) is 0.582. The van der Waals surface area contributed by atoms with E-state index in [0.717, 1.165) is 0 Å². The van der Waals surface area contributed by atoms with Crippen molar-refractivity contribution >= 4 is 0 Å². The second-order valence-corrected chi connectivity index (χ2v) is 4.02. The lowest BCUT2D eigenvalue weighted by molar-refractivity contribution is 0.415. The summed E-state index contributed by atoms with van der Waals surface area (Å²) >= 11 is 0. The highest BCUT2D eigenvalue weighted by Gasteiger charge is 2.29. The molecular weight excluding hydrogens is 156 g/mol. The molecule has 13 heavy (non-hydrogen) atoms. The molecule has 0 saturated heterocycles. The maximum atomic E-state index is 2.40. The number of unbranched alkanes of at least 4 members (excludes halogenated alkanes) is 1. The first-order valence-corrected chi connectivity index (χ1v) is 5.68. The van der Waals surface area contributed by atoms with Crippen LogP contribution in [0.3, 0.4) is 0 Å². The van der Waals surface area contributed by atoms with Gasteiger partial charge in [-0.2, -0.15) is 0 Å². The molecule has 0 radical (unpaired) electrons. The summed E-state index contributed by atoms with van der Waals surface area (Å²) in [4.78, 5) is 0. The zero-order chi connectivity index (χ0) is 9.73. The zero-order valence-electron chi connectivity index (χ0n) is 9.27. The Balaban J connectivity index is 2.64. The highest BCUT2D eigenvalue weighted by molar-refractivity contribution is 5.33. The van der Waals surface area contributed by atoms with Gasteiger partial charge in [-0.25, -0.2) is 0 Å². The van der Waals surface area contributed by atoms with Crippen molar-refractivity contribution in [2.75, 3.05) is 0 Å². The lowest BCUT2D eigenvalue weighted by Crippen LogP contribution is -2.16. The molecule has 0 saturated carbocycles. The zero-order valence-corrected chi connectivity index (χ0v) is 9.27. The van der Waals surface area contributed by atoms with Crippen molar-refractivity contribution in [3.63, 3.8) is 0 Å². The van der Waals surface area contributed by atoms with Crippen LogP contribution in [0.1, 0.15) is 52.9 Å². The molecule has 0 aromatic rings. The van der Waals surface area contributed by atoms with Crippen molar-refractivity contribution < 1.29 is 0 Å². The van der Waals surface area contributed by atoms with Crippen LogP contribution in [0.4, 0.5) is 0 Å². The molecule has 0 spiro atoms. The normalized spacial score (nSPS) is 19.2. The van der Waals surface area contributed by atoms with Crippen LogP contribution < -0.4 is 0 Å². The Morgan fingerprint density at radius 2 is 1.85 bits per heavy atom. The van der Waals surface area contributed by atoms with E-state index < -0.39 is 0 Å². The largest absolute Gasteiger partial charge is 0.0743 e. The highest BCUT2D eigenvalue weighted by Crippen LogP contribution is 2.42. The third kappa shape index (κ3) is 2.04. The number of hydrogen-bond donors (Lipinski definition) is 0. The summed E-state index contributed by atoms with van der Waals surface area (Å²) in [5.74, 6) is 0. The second kappa shape index (κ2) is 4.64. The van der Waals surface area contributed by atoms with E-state index in [-0.39, 0.29) is 0 Å². The summed E-state index contributed by atoms with van der Waals surface area (Å²) in [5, 5.41) is 0. The molecule has 0 heterocycles. The van der Waals surface area contributed by atoms with E-state index in [0.29, 0.717) is 5.41 Å². The Hall–Kier alpha value is -0.520. The van der Waals surface area contributed by atoms with Gasteiger partial charge >= 0.3 is 0 Å². The second-order valence-electron chi connectivity index (χ2n) is 4.02. The molecule has 0 aromatic carbocycles. The van der Waals surface area contributed by atoms with Gasteiger partial charge in [0.2, 0.25) is 0 Å². The maximum Gasteiger partial charge on any atom is 0.00917 e. The van der Waals surface area contributed by atoms with Crippen molar-refractivity contribution in [1.29, 1.82) is 0 Å². The minimum Gasteiger partial charge on any atom is -0.0743 e. The van der Waals surface area contributed by atoms with Crippen molar-refractivity contribution in [2.45, 2.75) is 52.9 Å². The predicted octanol–water partition coefficient (Wildman–Crippen LogP) is 4.48. The number of allylic oxidation sites excluding steroid dienone is 4. The van der Waals surface area contributed by atoms with E-state index in [1.165, 1.54) is 32.1 Å². The van der Waals surface area contributed by atoms with Crippen LogP contribution in [0.2, 0.25) is 0 Å². The van der Waals surface area contributed by atoms with E-state index >= 15 is 0 Å². The van der Waals surface area contributed by atoms with E-state index in [1.807, 2.05) is 0 Å². The van der Waals surface area contributed by atoms with Gasteiger partial charge in [-0.1, -0.05) is 51.0 Å². The predicted molar refractivity (Wildman–Crippen MR) is 59.8 cm³/mol. The minimum absolute atomic E-state index is 0.426. The summed E-state index contributed by atoms with van der Waals surface area (Å²) in [6.07, 6.45) is 13.4. The van der Waals surface area contributed by atoms with Gasteiger partial charge in [-0.05, 0) is 25.7 Å². The fraction of sp³-hybridized carbons (Fsp3) is 0.692. The Morgan fingerprint density at radius 3 is 2.38 bits per heavy atom. The average molecular weight is 178 g/mol. The van der Waals surface area contributed by atoms with Crippen molar-refractivity contribution in [3.8, 4) is 0 Å². The van der Waals surface area contributed by atoms with Gasteiger partial charge < -0.3 is 0 Å². The first-order chi connectivity index (χ1) is 6.29. The molecule has 0 fully saturated rings. The Kier molecular flexibility index (Phi) is 3.77. The Morgan fingerprint density at radius 1 is 1.15 bits per heavy atom. The van der Waals surface area contributed by atoms with Gasteiger partial charge in [0.15, 0.2) is 0 Å². The Labute approximate surface area is 82.7 Å². The lowest BCUT2D eigenvalue weighted by Gasteiger charge is -2.28. The monoisotopic (exact) mass is 178 g/mol. The van der Waals surface area contributed by atoms with E-state index in [2.05, 4.69) is 39.0 Å². The third-order valence-electron chi connectivity index (χ3n) is 3.41. The first-order valence-electron chi connectivity index (χ1n) is 5.68. The molecule has 0 bridgehead atoms. The van der Waals surface area contributed by atoms with Crippen molar-refractivity contribution in [2.24, 2.45) is 5.41 Å². The highest BCUT2D eigenvalue weighted by atomic mass is 14.3. The van der Waals surface area contributed by atoms with E-state index in [9.17, 15) is 0 Å². The molecule has 0 aliphatic heterocycles. The molecule has 74 valence electrons.